The highest BCUT2D eigenvalue weighted by Crippen LogP contribution is 2.34. The second-order valence-electron chi connectivity index (χ2n) is 8.17. The van der Waals surface area contributed by atoms with Gasteiger partial charge in [-0.25, -0.2) is 4.79 Å². The van der Waals surface area contributed by atoms with Gasteiger partial charge < -0.3 is 15.0 Å². The van der Waals surface area contributed by atoms with Crippen molar-refractivity contribution in [1.82, 2.24) is 15.1 Å². The fraction of sp³-hybridized carbons (Fsp3) is 0.458. The number of benzene rings is 2. The zero-order chi connectivity index (χ0) is 19.9. The van der Waals surface area contributed by atoms with E-state index in [2.05, 4.69) is 58.7 Å². The van der Waals surface area contributed by atoms with Gasteiger partial charge in [-0.1, -0.05) is 60.7 Å². The SMILES string of the molecule is O=C(NCC1(c2ccccc2)CCOCC1)N1CCN(Cc2ccccc2)CC1. The van der Waals surface area contributed by atoms with Crippen LogP contribution in [0.5, 0.6) is 0 Å². The van der Waals surface area contributed by atoms with Crippen LogP contribution < -0.4 is 5.32 Å². The molecule has 29 heavy (non-hydrogen) atoms. The molecule has 0 radical (unpaired) electrons. The first-order chi connectivity index (χ1) is 14.3. The molecule has 2 aliphatic rings. The molecule has 2 fully saturated rings. The van der Waals surface area contributed by atoms with Gasteiger partial charge in [-0.3, -0.25) is 4.90 Å². The highest BCUT2D eigenvalue weighted by Gasteiger charge is 2.35. The first-order valence-corrected chi connectivity index (χ1v) is 10.7. The summed E-state index contributed by atoms with van der Waals surface area (Å²) in [6, 6.07) is 21.2. The van der Waals surface area contributed by atoms with Crippen molar-refractivity contribution in [3.63, 3.8) is 0 Å². The molecule has 0 saturated carbocycles. The van der Waals surface area contributed by atoms with E-state index in [0.29, 0.717) is 6.54 Å². The number of piperazine rings is 1. The van der Waals surface area contributed by atoms with Gasteiger partial charge in [0, 0.05) is 57.9 Å². The summed E-state index contributed by atoms with van der Waals surface area (Å²) in [6.07, 6.45) is 1.89. The van der Waals surface area contributed by atoms with Crippen molar-refractivity contribution < 1.29 is 9.53 Å². The monoisotopic (exact) mass is 393 g/mol. The van der Waals surface area contributed by atoms with Crippen LogP contribution in [0.2, 0.25) is 0 Å². The molecule has 0 unspecified atom stereocenters. The number of nitrogens with zero attached hydrogens (tertiary/aromatic N) is 2. The lowest BCUT2D eigenvalue weighted by molar-refractivity contribution is 0.0497. The molecule has 5 nitrogen and oxygen atoms in total. The molecule has 2 amide bonds. The lowest BCUT2D eigenvalue weighted by Crippen LogP contribution is -2.54. The molecule has 0 aliphatic carbocycles. The number of carbonyl (C=O) groups excluding carboxylic acids is 1. The summed E-state index contributed by atoms with van der Waals surface area (Å²) in [5.74, 6) is 0. The van der Waals surface area contributed by atoms with Crippen LogP contribution in [0.4, 0.5) is 4.79 Å². The van der Waals surface area contributed by atoms with Gasteiger partial charge in [0.15, 0.2) is 0 Å². The van der Waals surface area contributed by atoms with Crippen molar-refractivity contribution in [2.75, 3.05) is 45.9 Å². The van der Waals surface area contributed by atoms with Crippen LogP contribution in [0.15, 0.2) is 60.7 Å². The molecule has 0 aromatic heterocycles. The van der Waals surface area contributed by atoms with Crippen molar-refractivity contribution >= 4 is 6.03 Å². The number of hydrogen-bond donors (Lipinski definition) is 1. The molecule has 2 saturated heterocycles. The maximum atomic E-state index is 12.8. The molecule has 5 heteroatoms. The molecule has 0 atom stereocenters. The van der Waals surface area contributed by atoms with Crippen LogP contribution in [-0.4, -0.2) is 61.8 Å². The molecule has 154 valence electrons. The summed E-state index contributed by atoms with van der Waals surface area (Å²) in [5.41, 5.74) is 2.61. The van der Waals surface area contributed by atoms with Gasteiger partial charge in [0.1, 0.15) is 0 Å². The third-order valence-electron chi connectivity index (χ3n) is 6.32. The highest BCUT2D eigenvalue weighted by atomic mass is 16.5. The minimum Gasteiger partial charge on any atom is -0.381 e. The summed E-state index contributed by atoms with van der Waals surface area (Å²) in [6.45, 7) is 6.52. The van der Waals surface area contributed by atoms with Gasteiger partial charge in [-0.05, 0) is 24.0 Å². The fourth-order valence-electron chi connectivity index (χ4n) is 4.43. The van der Waals surface area contributed by atoms with Crippen LogP contribution >= 0.6 is 0 Å². The van der Waals surface area contributed by atoms with Crippen LogP contribution in [0, 0.1) is 0 Å². The van der Waals surface area contributed by atoms with Crippen LogP contribution in [-0.2, 0) is 16.7 Å². The predicted octanol–water partition coefficient (Wildman–Crippen LogP) is 3.26. The van der Waals surface area contributed by atoms with Crippen molar-refractivity contribution in [2.45, 2.75) is 24.8 Å². The first-order valence-electron chi connectivity index (χ1n) is 10.7. The number of rotatable bonds is 5. The van der Waals surface area contributed by atoms with Crippen molar-refractivity contribution in [3.05, 3.63) is 71.8 Å². The number of ether oxygens (including phenoxy) is 1. The summed E-state index contributed by atoms with van der Waals surface area (Å²) < 4.78 is 5.60. The van der Waals surface area contributed by atoms with E-state index in [1.807, 2.05) is 17.0 Å². The lowest BCUT2D eigenvalue weighted by Gasteiger charge is -2.39. The largest absolute Gasteiger partial charge is 0.381 e. The quantitative estimate of drug-likeness (QED) is 0.848. The van der Waals surface area contributed by atoms with Crippen molar-refractivity contribution in [3.8, 4) is 0 Å². The van der Waals surface area contributed by atoms with Gasteiger partial charge in [-0.2, -0.15) is 0 Å². The molecule has 0 bridgehead atoms. The number of nitrogens with one attached hydrogen (secondary N) is 1. The fourth-order valence-corrected chi connectivity index (χ4v) is 4.43. The lowest BCUT2D eigenvalue weighted by atomic mass is 9.74. The molecule has 2 aromatic rings. The van der Waals surface area contributed by atoms with Crippen molar-refractivity contribution in [2.24, 2.45) is 0 Å². The maximum absolute atomic E-state index is 12.8. The highest BCUT2D eigenvalue weighted by molar-refractivity contribution is 5.74. The average Bonchev–Trinajstić information content (AvgIpc) is 2.80. The molecular formula is C24H31N3O2. The molecule has 2 aliphatic heterocycles. The van der Waals surface area contributed by atoms with Gasteiger partial charge in [0.25, 0.3) is 0 Å². The minimum atomic E-state index is -0.0235. The Morgan fingerprint density at radius 3 is 2.17 bits per heavy atom. The Balaban J connectivity index is 1.30. The van der Waals surface area contributed by atoms with Gasteiger partial charge in [0.2, 0.25) is 0 Å². The molecular weight excluding hydrogens is 362 g/mol. The molecule has 2 heterocycles. The second kappa shape index (κ2) is 9.42. The van der Waals surface area contributed by atoms with E-state index in [-0.39, 0.29) is 11.4 Å². The minimum absolute atomic E-state index is 0.0235. The van der Waals surface area contributed by atoms with Crippen LogP contribution in [0.25, 0.3) is 0 Å². The Kier molecular flexibility index (Phi) is 6.47. The van der Waals surface area contributed by atoms with Crippen LogP contribution in [0.1, 0.15) is 24.0 Å². The first kappa shape index (κ1) is 19.9. The van der Waals surface area contributed by atoms with Gasteiger partial charge >= 0.3 is 6.03 Å². The van der Waals surface area contributed by atoms with E-state index < -0.39 is 0 Å². The number of urea groups is 1. The van der Waals surface area contributed by atoms with Crippen molar-refractivity contribution in [1.29, 1.82) is 0 Å². The Labute approximate surface area is 173 Å². The molecule has 1 N–H and O–H groups in total. The number of hydrogen-bond acceptors (Lipinski definition) is 3. The van der Waals surface area contributed by atoms with E-state index in [9.17, 15) is 4.79 Å². The molecule has 4 rings (SSSR count). The van der Waals surface area contributed by atoms with E-state index in [0.717, 1.165) is 58.8 Å². The Hall–Kier alpha value is -2.37. The zero-order valence-electron chi connectivity index (χ0n) is 17.1. The summed E-state index contributed by atoms with van der Waals surface area (Å²) in [7, 11) is 0. The van der Waals surface area contributed by atoms with Crippen LogP contribution in [0.3, 0.4) is 0 Å². The summed E-state index contributed by atoms with van der Waals surface area (Å²) >= 11 is 0. The summed E-state index contributed by atoms with van der Waals surface area (Å²) in [5, 5.41) is 3.24. The standard InChI is InChI=1S/C24H31N3O2/c28-23(27-15-13-26(14-16-27)19-21-7-3-1-4-8-21)25-20-24(11-17-29-18-12-24)22-9-5-2-6-10-22/h1-10H,11-20H2,(H,25,28). The average molecular weight is 394 g/mol. The summed E-state index contributed by atoms with van der Waals surface area (Å²) in [4.78, 5) is 17.2. The zero-order valence-corrected chi connectivity index (χ0v) is 17.1. The topological polar surface area (TPSA) is 44.8 Å². The Morgan fingerprint density at radius 2 is 1.52 bits per heavy atom. The normalized spacial score (nSPS) is 19.7. The number of carbonyl (C=O) groups is 1. The van der Waals surface area contributed by atoms with E-state index in [1.54, 1.807) is 0 Å². The van der Waals surface area contributed by atoms with E-state index in [4.69, 9.17) is 4.74 Å². The number of amides is 2. The van der Waals surface area contributed by atoms with E-state index >= 15 is 0 Å². The third-order valence-corrected chi connectivity index (χ3v) is 6.32. The third kappa shape index (κ3) is 4.98. The van der Waals surface area contributed by atoms with Gasteiger partial charge in [0.05, 0.1) is 0 Å². The predicted molar refractivity (Wildman–Crippen MR) is 115 cm³/mol. The van der Waals surface area contributed by atoms with Gasteiger partial charge in [-0.15, -0.1) is 0 Å². The molecule has 0 spiro atoms. The second-order valence-corrected chi connectivity index (χ2v) is 8.17. The Morgan fingerprint density at radius 1 is 0.897 bits per heavy atom. The Bertz CT molecular complexity index is 767. The smallest absolute Gasteiger partial charge is 0.317 e. The molecule has 2 aromatic carbocycles. The maximum Gasteiger partial charge on any atom is 0.317 e. The van der Waals surface area contributed by atoms with E-state index in [1.165, 1.54) is 11.1 Å².